The average Bonchev–Trinajstić information content (AvgIpc) is 2.60. The van der Waals surface area contributed by atoms with E-state index >= 15 is 0 Å². The van der Waals surface area contributed by atoms with Gasteiger partial charge in [-0.15, -0.1) is 0 Å². The molecule has 0 aromatic heterocycles. The molecule has 2 aliphatic rings. The van der Waals surface area contributed by atoms with Crippen molar-refractivity contribution in [1.82, 2.24) is 4.90 Å². The lowest BCUT2D eigenvalue weighted by atomic mass is 9.76. The fourth-order valence-corrected chi connectivity index (χ4v) is 2.90. The third-order valence-corrected chi connectivity index (χ3v) is 4.19. The zero-order valence-electron chi connectivity index (χ0n) is 12.4. The van der Waals surface area contributed by atoms with Crippen molar-refractivity contribution in [1.29, 1.82) is 0 Å². The van der Waals surface area contributed by atoms with Crippen LogP contribution < -0.4 is 10.1 Å². The monoisotopic (exact) mass is 302 g/mol. The molecule has 1 aromatic rings. The van der Waals surface area contributed by atoms with Crippen LogP contribution in [0.2, 0.25) is 0 Å². The molecule has 0 spiro atoms. The van der Waals surface area contributed by atoms with Gasteiger partial charge in [0.25, 0.3) is 0 Å². The summed E-state index contributed by atoms with van der Waals surface area (Å²) in [7, 11) is 0. The molecule has 0 radical (unpaired) electrons. The van der Waals surface area contributed by atoms with Crippen molar-refractivity contribution in [3.63, 3.8) is 0 Å². The molecule has 1 heterocycles. The zero-order valence-corrected chi connectivity index (χ0v) is 12.4. The Labute approximate surface area is 128 Å². The Morgan fingerprint density at radius 1 is 1.18 bits per heavy atom. The van der Waals surface area contributed by atoms with E-state index in [0.29, 0.717) is 12.3 Å². The number of carbonyl (C=O) groups excluding carboxylic acids is 3. The van der Waals surface area contributed by atoms with Crippen LogP contribution in [-0.4, -0.2) is 35.8 Å². The molecule has 1 N–H and O–H groups in total. The van der Waals surface area contributed by atoms with E-state index in [-0.39, 0.29) is 36.1 Å². The van der Waals surface area contributed by atoms with Gasteiger partial charge in [0.2, 0.25) is 17.7 Å². The van der Waals surface area contributed by atoms with E-state index < -0.39 is 0 Å². The van der Waals surface area contributed by atoms with Crippen LogP contribution in [0.1, 0.15) is 19.8 Å². The fraction of sp³-hybridized carbons (Fsp3) is 0.438. The van der Waals surface area contributed by atoms with Crippen LogP contribution in [0, 0.1) is 11.8 Å². The van der Waals surface area contributed by atoms with Crippen molar-refractivity contribution in [2.24, 2.45) is 11.8 Å². The summed E-state index contributed by atoms with van der Waals surface area (Å²) in [5.41, 5.74) is 0.607. The molecule has 2 fully saturated rings. The number of likely N-dealkylation sites (tertiary alicyclic amines) is 1. The highest BCUT2D eigenvalue weighted by Crippen LogP contribution is 2.42. The molecule has 0 unspecified atom stereocenters. The number of carbonyl (C=O) groups is 3. The number of anilines is 1. The third kappa shape index (κ3) is 2.56. The van der Waals surface area contributed by atoms with Gasteiger partial charge in [-0.25, -0.2) is 0 Å². The SMILES string of the molecule is CCOc1ccc(NC(=O)CN2C(=O)[C@H]3CC[C@H]3C2=O)cc1. The molecule has 3 rings (SSSR count). The predicted octanol–water partition coefficient (Wildman–Crippen LogP) is 1.42. The third-order valence-electron chi connectivity index (χ3n) is 4.19. The standard InChI is InChI=1S/C16H18N2O4/c1-2-22-11-5-3-10(4-6-11)17-14(19)9-18-15(20)12-7-8-13(12)16(18)21/h3-6,12-13H,2,7-9H2,1H3,(H,17,19)/t12-,13+. The summed E-state index contributed by atoms with van der Waals surface area (Å²) >= 11 is 0. The minimum Gasteiger partial charge on any atom is -0.494 e. The van der Waals surface area contributed by atoms with E-state index in [0.717, 1.165) is 23.5 Å². The number of nitrogens with one attached hydrogen (secondary N) is 1. The highest BCUT2D eigenvalue weighted by atomic mass is 16.5. The van der Waals surface area contributed by atoms with Gasteiger partial charge in [-0.3, -0.25) is 19.3 Å². The maximum absolute atomic E-state index is 12.0. The second kappa shape index (κ2) is 5.79. The second-order valence-electron chi connectivity index (χ2n) is 5.56. The van der Waals surface area contributed by atoms with Gasteiger partial charge in [0.1, 0.15) is 12.3 Å². The van der Waals surface area contributed by atoms with Crippen molar-refractivity contribution in [3.8, 4) is 5.75 Å². The lowest BCUT2D eigenvalue weighted by Gasteiger charge is -2.24. The molecule has 3 amide bonds. The van der Waals surface area contributed by atoms with Crippen molar-refractivity contribution in [3.05, 3.63) is 24.3 Å². The van der Waals surface area contributed by atoms with E-state index in [1.165, 1.54) is 0 Å². The quantitative estimate of drug-likeness (QED) is 0.835. The lowest BCUT2D eigenvalue weighted by molar-refractivity contribution is -0.142. The first-order chi connectivity index (χ1) is 10.6. The first-order valence-electron chi connectivity index (χ1n) is 7.48. The molecule has 1 aromatic carbocycles. The molecule has 116 valence electrons. The molecular weight excluding hydrogens is 284 g/mol. The summed E-state index contributed by atoms with van der Waals surface area (Å²) in [6, 6.07) is 6.96. The Hall–Kier alpha value is -2.37. The maximum Gasteiger partial charge on any atom is 0.244 e. The van der Waals surface area contributed by atoms with Gasteiger partial charge >= 0.3 is 0 Å². The molecule has 1 saturated heterocycles. The van der Waals surface area contributed by atoms with Gasteiger partial charge in [0.15, 0.2) is 0 Å². The number of hydrogen-bond acceptors (Lipinski definition) is 4. The smallest absolute Gasteiger partial charge is 0.244 e. The predicted molar refractivity (Wildman–Crippen MR) is 79.2 cm³/mol. The van der Waals surface area contributed by atoms with Gasteiger partial charge in [-0.1, -0.05) is 0 Å². The van der Waals surface area contributed by atoms with E-state index in [1.807, 2.05) is 6.92 Å². The summed E-state index contributed by atoms with van der Waals surface area (Å²) in [5, 5.41) is 2.69. The van der Waals surface area contributed by atoms with E-state index in [9.17, 15) is 14.4 Å². The van der Waals surface area contributed by atoms with Crippen molar-refractivity contribution < 1.29 is 19.1 Å². The maximum atomic E-state index is 12.0. The molecule has 2 atom stereocenters. The number of benzene rings is 1. The molecule has 1 aliphatic heterocycles. The van der Waals surface area contributed by atoms with E-state index in [1.54, 1.807) is 24.3 Å². The number of ether oxygens (including phenoxy) is 1. The van der Waals surface area contributed by atoms with Crippen LogP contribution in [-0.2, 0) is 14.4 Å². The molecule has 22 heavy (non-hydrogen) atoms. The van der Waals surface area contributed by atoms with Crippen LogP contribution in [0.3, 0.4) is 0 Å². The summed E-state index contributed by atoms with van der Waals surface area (Å²) in [6.07, 6.45) is 1.51. The Kier molecular flexibility index (Phi) is 3.83. The van der Waals surface area contributed by atoms with Gasteiger partial charge < -0.3 is 10.1 Å². The number of hydrogen-bond donors (Lipinski definition) is 1. The number of fused-ring (bicyclic) bond motifs is 1. The summed E-state index contributed by atoms with van der Waals surface area (Å²) < 4.78 is 5.32. The first-order valence-corrected chi connectivity index (χ1v) is 7.48. The Morgan fingerprint density at radius 2 is 1.77 bits per heavy atom. The second-order valence-corrected chi connectivity index (χ2v) is 5.56. The summed E-state index contributed by atoms with van der Waals surface area (Å²) in [5.74, 6) is -0.433. The molecule has 1 saturated carbocycles. The molecule has 6 heteroatoms. The van der Waals surface area contributed by atoms with Crippen molar-refractivity contribution in [2.45, 2.75) is 19.8 Å². The average molecular weight is 302 g/mol. The van der Waals surface area contributed by atoms with Crippen molar-refractivity contribution >= 4 is 23.4 Å². The molecule has 1 aliphatic carbocycles. The zero-order chi connectivity index (χ0) is 15.7. The van der Waals surface area contributed by atoms with Crippen LogP contribution >= 0.6 is 0 Å². The Morgan fingerprint density at radius 3 is 2.27 bits per heavy atom. The van der Waals surface area contributed by atoms with Crippen molar-refractivity contribution in [2.75, 3.05) is 18.5 Å². The highest BCUT2D eigenvalue weighted by Gasteiger charge is 2.52. The largest absolute Gasteiger partial charge is 0.494 e. The van der Waals surface area contributed by atoms with E-state index in [2.05, 4.69) is 5.32 Å². The Balaban J connectivity index is 1.58. The van der Waals surface area contributed by atoms with E-state index in [4.69, 9.17) is 4.74 Å². The number of nitrogens with zero attached hydrogens (tertiary/aromatic N) is 1. The van der Waals surface area contributed by atoms with Crippen LogP contribution in [0.15, 0.2) is 24.3 Å². The first kappa shape index (κ1) is 14.6. The highest BCUT2D eigenvalue weighted by molar-refractivity contribution is 6.09. The molecular formula is C16H18N2O4. The number of amides is 3. The number of rotatable bonds is 5. The minimum atomic E-state index is -0.368. The summed E-state index contributed by atoms with van der Waals surface area (Å²) in [4.78, 5) is 37.1. The fourth-order valence-electron chi connectivity index (χ4n) is 2.90. The molecule has 6 nitrogen and oxygen atoms in total. The van der Waals surface area contributed by atoms with Gasteiger partial charge in [0.05, 0.1) is 18.4 Å². The number of imide groups is 1. The topological polar surface area (TPSA) is 75.7 Å². The summed E-state index contributed by atoms with van der Waals surface area (Å²) in [6.45, 7) is 2.26. The van der Waals surface area contributed by atoms with Crippen LogP contribution in [0.5, 0.6) is 5.75 Å². The van der Waals surface area contributed by atoms with Crippen LogP contribution in [0.25, 0.3) is 0 Å². The minimum absolute atomic E-state index is 0.189. The van der Waals surface area contributed by atoms with Crippen LogP contribution in [0.4, 0.5) is 5.69 Å². The van der Waals surface area contributed by atoms with Gasteiger partial charge in [-0.2, -0.15) is 0 Å². The molecule has 0 bridgehead atoms. The normalized spacial score (nSPS) is 23.0. The lowest BCUT2D eigenvalue weighted by Crippen LogP contribution is -2.37. The van der Waals surface area contributed by atoms with Gasteiger partial charge in [0, 0.05) is 5.69 Å². The van der Waals surface area contributed by atoms with Gasteiger partial charge in [-0.05, 0) is 44.0 Å². The Bertz CT molecular complexity index is 589.